The maximum absolute atomic E-state index is 12.6. The molecular formula is C22H30N2O3. The molecule has 0 radical (unpaired) electrons. The van der Waals surface area contributed by atoms with Crippen LogP contribution in [0.2, 0.25) is 0 Å². The number of methoxy groups -OCH3 is 1. The van der Waals surface area contributed by atoms with Crippen LogP contribution in [0.25, 0.3) is 0 Å². The van der Waals surface area contributed by atoms with Crippen molar-refractivity contribution >= 4 is 5.91 Å². The molecule has 5 nitrogen and oxygen atoms in total. The summed E-state index contributed by atoms with van der Waals surface area (Å²) in [4.78, 5) is 15.1. The molecule has 1 saturated heterocycles. The van der Waals surface area contributed by atoms with Crippen molar-refractivity contribution in [2.45, 2.75) is 39.3 Å². The van der Waals surface area contributed by atoms with E-state index in [1.165, 1.54) is 24.0 Å². The van der Waals surface area contributed by atoms with Gasteiger partial charge < -0.3 is 14.5 Å². The highest BCUT2D eigenvalue weighted by Gasteiger charge is 2.26. The zero-order valence-electron chi connectivity index (χ0n) is 16.5. The van der Waals surface area contributed by atoms with Crippen LogP contribution in [-0.4, -0.2) is 37.6 Å². The van der Waals surface area contributed by atoms with Crippen LogP contribution < -0.4 is 5.32 Å². The summed E-state index contributed by atoms with van der Waals surface area (Å²) >= 11 is 0. The third-order valence-corrected chi connectivity index (χ3v) is 5.43. The minimum Gasteiger partial charge on any atom is -0.453 e. The minimum absolute atomic E-state index is 0.177. The van der Waals surface area contributed by atoms with E-state index in [1.807, 2.05) is 0 Å². The van der Waals surface area contributed by atoms with Gasteiger partial charge in [0, 0.05) is 13.7 Å². The van der Waals surface area contributed by atoms with Gasteiger partial charge in [-0.1, -0.05) is 31.2 Å². The molecule has 1 amide bonds. The summed E-state index contributed by atoms with van der Waals surface area (Å²) < 4.78 is 10.6. The summed E-state index contributed by atoms with van der Waals surface area (Å²) in [7, 11) is 1.61. The highest BCUT2D eigenvalue weighted by atomic mass is 16.5. The Balaban J connectivity index is 1.71. The number of carbonyl (C=O) groups excluding carboxylic acids is 1. The van der Waals surface area contributed by atoms with Gasteiger partial charge >= 0.3 is 0 Å². The van der Waals surface area contributed by atoms with Gasteiger partial charge in [-0.15, -0.1) is 0 Å². The Labute approximate surface area is 161 Å². The molecule has 0 bridgehead atoms. The lowest BCUT2D eigenvalue weighted by atomic mass is 9.94. The van der Waals surface area contributed by atoms with Gasteiger partial charge in [-0.05, 0) is 62.0 Å². The fourth-order valence-electron chi connectivity index (χ4n) is 3.73. The molecule has 146 valence electrons. The van der Waals surface area contributed by atoms with Crippen LogP contribution in [0.4, 0.5) is 0 Å². The Hall–Kier alpha value is -2.11. The molecule has 27 heavy (non-hydrogen) atoms. The molecule has 0 aliphatic carbocycles. The Kier molecular flexibility index (Phi) is 6.69. The predicted molar refractivity (Wildman–Crippen MR) is 106 cm³/mol. The quantitative estimate of drug-likeness (QED) is 0.802. The van der Waals surface area contributed by atoms with Gasteiger partial charge in [0.05, 0.1) is 6.04 Å². The van der Waals surface area contributed by atoms with Crippen LogP contribution in [0.15, 0.2) is 40.8 Å². The lowest BCUT2D eigenvalue weighted by Crippen LogP contribution is -2.42. The maximum Gasteiger partial charge on any atom is 0.287 e. The molecule has 2 heterocycles. The Bertz CT molecular complexity index is 748. The van der Waals surface area contributed by atoms with E-state index in [2.05, 4.69) is 48.3 Å². The summed E-state index contributed by atoms with van der Waals surface area (Å²) in [5.74, 6) is 1.58. The van der Waals surface area contributed by atoms with Gasteiger partial charge in [-0.25, -0.2) is 0 Å². The maximum atomic E-state index is 12.6. The second kappa shape index (κ2) is 9.20. The van der Waals surface area contributed by atoms with E-state index < -0.39 is 0 Å². The van der Waals surface area contributed by atoms with Crippen molar-refractivity contribution in [3.63, 3.8) is 0 Å². The van der Waals surface area contributed by atoms with E-state index >= 15 is 0 Å². The van der Waals surface area contributed by atoms with Gasteiger partial charge in [0.2, 0.25) is 0 Å². The van der Waals surface area contributed by atoms with Crippen molar-refractivity contribution in [3.05, 3.63) is 59.0 Å². The number of piperidine rings is 1. The van der Waals surface area contributed by atoms with Crippen molar-refractivity contribution in [3.8, 4) is 0 Å². The first-order valence-corrected chi connectivity index (χ1v) is 9.74. The first-order valence-electron chi connectivity index (χ1n) is 9.74. The standard InChI is InChI=1S/C22H30N2O3/c1-16-10-12-24(13-11-16)20(19-7-5-4-6-17(19)2)14-23-22(25)21-9-8-18(27-21)15-26-3/h4-9,16,20H,10-15H2,1-3H3,(H,23,25). The number of rotatable bonds is 7. The molecule has 1 N–H and O–H groups in total. The Morgan fingerprint density at radius 2 is 2.00 bits per heavy atom. The molecule has 1 fully saturated rings. The smallest absolute Gasteiger partial charge is 0.287 e. The molecule has 1 aromatic carbocycles. The third kappa shape index (κ3) is 4.99. The van der Waals surface area contributed by atoms with E-state index in [4.69, 9.17) is 9.15 Å². The lowest BCUT2D eigenvalue weighted by Gasteiger charge is -2.37. The van der Waals surface area contributed by atoms with Gasteiger partial charge in [0.1, 0.15) is 12.4 Å². The van der Waals surface area contributed by atoms with Crippen molar-refractivity contribution in [1.29, 1.82) is 0 Å². The molecule has 2 aromatic rings. The van der Waals surface area contributed by atoms with Crippen molar-refractivity contribution in [2.75, 3.05) is 26.7 Å². The first-order chi connectivity index (χ1) is 13.1. The third-order valence-electron chi connectivity index (χ3n) is 5.43. The van der Waals surface area contributed by atoms with Gasteiger partial charge in [-0.3, -0.25) is 9.69 Å². The predicted octanol–water partition coefficient (Wildman–Crippen LogP) is 3.94. The normalized spacial score (nSPS) is 17.0. The second-order valence-electron chi connectivity index (χ2n) is 7.50. The number of nitrogens with zero attached hydrogens (tertiary/aromatic N) is 1. The molecule has 5 heteroatoms. The summed E-state index contributed by atoms with van der Waals surface area (Å²) in [5, 5.41) is 3.07. The number of hydrogen-bond donors (Lipinski definition) is 1. The van der Waals surface area contributed by atoms with Gasteiger partial charge in [-0.2, -0.15) is 0 Å². The summed E-state index contributed by atoms with van der Waals surface area (Å²) in [6, 6.07) is 12.1. The lowest BCUT2D eigenvalue weighted by molar-refractivity contribution is 0.0878. The van der Waals surface area contributed by atoms with Gasteiger partial charge in [0.15, 0.2) is 5.76 Å². The Morgan fingerprint density at radius 1 is 1.26 bits per heavy atom. The van der Waals surface area contributed by atoms with E-state index in [0.29, 0.717) is 24.7 Å². The molecular weight excluding hydrogens is 340 g/mol. The van der Waals surface area contributed by atoms with Crippen LogP contribution in [0.5, 0.6) is 0 Å². The van der Waals surface area contributed by atoms with E-state index in [0.717, 1.165) is 19.0 Å². The molecule has 1 aromatic heterocycles. The number of nitrogens with one attached hydrogen (secondary N) is 1. The molecule has 1 unspecified atom stereocenters. The number of ether oxygens (including phenoxy) is 1. The fraction of sp³-hybridized carbons (Fsp3) is 0.500. The summed E-state index contributed by atoms with van der Waals surface area (Å²) in [5.41, 5.74) is 2.54. The Morgan fingerprint density at radius 3 is 2.70 bits per heavy atom. The highest BCUT2D eigenvalue weighted by molar-refractivity contribution is 5.91. The molecule has 0 spiro atoms. The van der Waals surface area contributed by atoms with Crippen LogP contribution in [0, 0.1) is 12.8 Å². The molecule has 3 rings (SSSR count). The SMILES string of the molecule is COCc1ccc(C(=O)NCC(c2ccccc2C)N2CCC(C)CC2)o1. The largest absolute Gasteiger partial charge is 0.453 e. The molecule has 1 atom stereocenters. The number of hydrogen-bond acceptors (Lipinski definition) is 4. The zero-order chi connectivity index (χ0) is 19.2. The highest BCUT2D eigenvalue weighted by Crippen LogP contribution is 2.28. The number of amides is 1. The van der Waals surface area contributed by atoms with Crippen LogP contribution in [0.1, 0.15) is 53.2 Å². The van der Waals surface area contributed by atoms with E-state index in [-0.39, 0.29) is 11.9 Å². The summed E-state index contributed by atoms with van der Waals surface area (Å²) in [6.07, 6.45) is 2.41. The topological polar surface area (TPSA) is 54.7 Å². The minimum atomic E-state index is -0.179. The molecule has 1 aliphatic rings. The number of benzene rings is 1. The average Bonchev–Trinajstić information content (AvgIpc) is 3.13. The molecule has 0 saturated carbocycles. The van der Waals surface area contributed by atoms with E-state index in [1.54, 1.807) is 19.2 Å². The number of aryl methyl sites for hydroxylation is 1. The summed E-state index contributed by atoms with van der Waals surface area (Å²) in [6.45, 7) is 7.52. The van der Waals surface area contributed by atoms with Crippen LogP contribution in [-0.2, 0) is 11.3 Å². The zero-order valence-corrected chi connectivity index (χ0v) is 16.5. The monoisotopic (exact) mass is 370 g/mol. The number of carbonyl (C=O) groups is 1. The average molecular weight is 370 g/mol. The van der Waals surface area contributed by atoms with Gasteiger partial charge in [0.25, 0.3) is 5.91 Å². The van der Waals surface area contributed by atoms with Crippen LogP contribution >= 0.6 is 0 Å². The van der Waals surface area contributed by atoms with Crippen molar-refractivity contribution in [1.82, 2.24) is 10.2 Å². The second-order valence-corrected chi connectivity index (χ2v) is 7.50. The van der Waals surface area contributed by atoms with Crippen LogP contribution in [0.3, 0.4) is 0 Å². The molecule has 1 aliphatic heterocycles. The number of likely N-dealkylation sites (tertiary alicyclic amines) is 1. The van der Waals surface area contributed by atoms with Crippen molar-refractivity contribution < 1.29 is 13.9 Å². The fourth-order valence-corrected chi connectivity index (χ4v) is 3.73. The van der Waals surface area contributed by atoms with Crippen molar-refractivity contribution in [2.24, 2.45) is 5.92 Å². The van der Waals surface area contributed by atoms with E-state index in [9.17, 15) is 4.79 Å². The number of furan rings is 1. The first kappa shape index (κ1) is 19.6.